The number of hydrogen-bond acceptors (Lipinski definition) is 6. The highest BCUT2D eigenvalue weighted by Crippen LogP contribution is 2.37. The van der Waals surface area contributed by atoms with Crippen LogP contribution in [0.15, 0.2) is 12.1 Å². The van der Waals surface area contributed by atoms with Crippen molar-refractivity contribution in [3.05, 3.63) is 27.8 Å². The molecule has 1 aromatic carbocycles. The fourth-order valence-corrected chi connectivity index (χ4v) is 1.63. The van der Waals surface area contributed by atoms with E-state index < -0.39 is 22.3 Å². The van der Waals surface area contributed by atoms with Gasteiger partial charge in [0.15, 0.2) is 11.5 Å². The van der Waals surface area contributed by atoms with Crippen LogP contribution >= 0.6 is 0 Å². The normalized spacial score (nSPS) is 9.75. The van der Waals surface area contributed by atoms with Gasteiger partial charge in [0.05, 0.1) is 25.7 Å². The van der Waals surface area contributed by atoms with Crippen molar-refractivity contribution in [1.29, 1.82) is 0 Å². The Morgan fingerprint density at radius 1 is 1.25 bits per heavy atom. The third kappa shape index (κ3) is 3.22. The van der Waals surface area contributed by atoms with Crippen molar-refractivity contribution in [1.82, 2.24) is 5.32 Å². The number of methoxy groups -OCH3 is 2. The van der Waals surface area contributed by atoms with Gasteiger partial charge >= 0.3 is 5.69 Å². The first-order chi connectivity index (χ1) is 9.42. The van der Waals surface area contributed by atoms with Gasteiger partial charge in [0.1, 0.15) is 11.3 Å². The van der Waals surface area contributed by atoms with Crippen molar-refractivity contribution in [3.8, 4) is 11.5 Å². The number of nitrogens with one attached hydrogen (secondary N) is 1. The van der Waals surface area contributed by atoms with Crippen LogP contribution in [0.25, 0.3) is 0 Å². The van der Waals surface area contributed by atoms with E-state index in [0.717, 1.165) is 0 Å². The summed E-state index contributed by atoms with van der Waals surface area (Å²) >= 11 is 0. The maximum absolute atomic E-state index is 12.1. The SMILES string of the molecule is COc1ccc(OC)c([N+](=O)[O-])c1C(=O)CNC(C)=O. The Bertz CT molecular complexity index is 555. The van der Waals surface area contributed by atoms with Crippen molar-refractivity contribution in [2.75, 3.05) is 20.8 Å². The van der Waals surface area contributed by atoms with Gasteiger partial charge in [0, 0.05) is 6.92 Å². The second kappa shape index (κ2) is 6.50. The van der Waals surface area contributed by atoms with Crippen LogP contribution in [0.1, 0.15) is 17.3 Å². The first-order valence-corrected chi connectivity index (χ1v) is 5.59. The number of ketones is 1. The largest absolute Gasteiger partial charge is 0.496 e. The minimum absolute atomic E-state index is 0.0489. The Labute approximate surface area is 114 Å². The monoisotopic (exact) mass is 282 g/mol. The molecule has 8 nitrogen and oxygen atoms in total. The zero-order valence-electron chi connectivity index (χ0n) is 11.3. The molecule has 108 valence electrons. The number of amides is 1. The maximum Gasteiger partial charge on any atom is 0.325 e. The van der Waals surface area contributed by atoms with Crippen LogP contribution < -0.4 is 14.8 Å². The number of hydrogen-bond donors (Lipinski definition) is 1. The average Bonchev–Trinajstić information content (AvgIpc) is 2.42. The van der Waals surface area contributed by atoms with E-state index in [2.05, 4.69) is 5.32 Å². The molecule has 1 amide bonds. The zero-order valence-corrected chi connectivity index (χ0v) is 11.3. The van der Waals surface area contributed by atoms with Gasteiger partial charge in [-0.3, -0.25) is 19.7 Å². The number of carbonyl (C=O) groups excluding carboxylic acids is 2. The Balaban J connectivity index is 3.35. The summed E-state index contributed by atoms with van der Waals surface area (Å²) in [5, 5.41) is 13.4. The molecule has 0 saturated heterocycles. The molecule has 0 saturated carbocycles. The topological polar surface area (TPSA) is 108 Å². The average molecular weight is 282 g/mol. The van der Waals surface area contributed by atoms with E-state index in [9.17, 15) is 19.7 Å². The fraction of sp³-hybridized carbons (Fsp3) is 0.333. The molecule has 1 N–H and O–H groups in total. The number of benzene rings is 1. The molecule has 0 atom stereocenters. The summed E-state index contributed by atoms with van der Waals surface area (Å²) in [6, 6.07) is 2.74. The summed E-state index contributed by atoms with van der Waals surface area (Å²) in [6.45, 7) is 0.879. The Morgan fingerprint density at radius 2 is 1.80 bits per heavy atom. The smallest absolute Gasteiger partial charge is 0.325 e. The van der Waals surface area contributed by atoms with Gasteiger partial charge in [-0.2, -0.15) is 0 Å². The number of ether oxygens (including phenoxy) is 2. The highest BCUT2D eigenvalue weighted by atomic mass is 16.6. The van der Waals surface area contributed by atoms with Gasteiger partial charge in [-0.25, -0.2) is 0 Å². The van der Waals surface area contributed by atoms with Gasteiger partial charge in [0.2, 0.25) is 5.91 Å². The number of nitrogens with zero attached hydrogens (tertiary/aromatic N) is 1. The molecule has 0 spiro atoms. The minimum atomic E-state index is -0.720. The van der Waals surface area contributed by atoms with Gasteiger partial charge in [-0.15, -0.1) is 0 Å². The number of nitro benzene ring substituents is 1. The van der Waals surface area contributed by atoms with Crippen molar-refractivity contribution in [2.45, 2.75) is 6.92 Å². The molecular formula is C12H14N2O6. The second-order valence-corrected chi connectivity index (χ2v) is 3.78. The molecule has 0 aliphatic carbocycles. The molecule has 0 fully saturated rings. The van der Waals surface area contributed by atoms with E-state index in [1.807, 2.05) is 0 Å². The van der Waals surface area contributed by atoms with E-state index in [4.69, 9.17) is 9.47 Å². The molecule has 0 unspecified atom stereocenters. The van der Waals surface area contributed by atoms with Crippen LogP contribution in [0.4, 0.5) is 5.69 Å². The number of nitro groups is 1. The first-order valence-electron chi connectivity index (χ1n) is 5.59. The summed E-state index contributed by atoms with van der Waals surface area (Å²) in [5.74, 6) is -1.06. The number of Topliss-reactive ketones (excluding diaryl/α,β-unsaturated/α-hetero) is 1. The predicted octanol–water partition coefficient (Wildman–Crippen LogP) is 0.931. The first kappa shape index (κ1) is 15.4. The Morgan fingerprint density at radius 3 is 2.25 bits per heavy atom. The maximum atomic E-state index is 12.1. The lowest BCUT2D eigenvalue weighted by Crippen LogP contribution is -2.28. The van der Waals surface area contributed by atoms with E-state index in [1.54, 1.807) is 0 Å². The van der Waals surface area contributed by atoms with Crippen molar-refractivity contribution < 1.29 is 24.0 Å². The van der Waals surface area contributed by atoms with Crippen LogP contribution in [0, 0.1) is 10.1 Å². The van der Waals surface area contributed by atoms with Gasteiger partial charge < -0.3 is 14.8 Å². The highest BCUT2D eigenvalue weighted by Gasteiger charge is 2.29. The summed E-state index contributed by atoms with van der Waals surface area (Å²) in [4.78, 5) is 33.3. The van der Waals surface area contributed by atoms with Crippen LogP contribution in [-0.2, 0) is 4.79 Å². The quantitative estimate of drug-likeness (QED) is 0.472. The van der Waals surface area contributed by atoms with Crippen molar-refractivity contribution in [2.24, 2.45) is 0 Å². The molecular weight excluding hydrogens is 268 g/mol. The summed E-state index contributed by atoms with van der Waals surface area (Å²) in [7, 11) is 2.55. The lowest BCUT2D eigenvalue weighted by molar-refractivity contribution is -0.386. The molecule has 1 rings (SSSR count). The van der Waals surface area contributed by atoms with E-state index >= 15 is 0 Å². The summed E-state index contributed by atoms with van der Waals surface area (Å²) in [5.41, 5.74) is -0.715. The lowest BCUT2D eigenvalue weighted by Gasteiger charge is -2.11. The van der Waals surface area contributed by atoms with Gasteiger partial charge in [-0.1, -0.05) is 0 Å². The molecule has 0 aromatic heterocycles. The molecule has 0 radical (unpaired) electrons. The van der Waals surface area contributed by atoms with Crippen molar-refractivity contribution >= 4 is 17.4 Å². The lowest BCUT2D eigenvalue weighted by atomic mass is 10.1. The number of carbonyl (C=O) groups is 2. The fourth-order valence-electron chi connectivity index (χ4n) is 1.63. The molecule has 1 aromatic rings. The molecule has 0 heterocycles. The van der Waals surface area contributed by atoms with Gasteiger partial charge in [0.25, 0.3) is 0 Å². The Hall–Kier alpha value is -2.64. The molecule has 0 aliphatic rings. The van der Waals surface area contributed by atoms with Crippen LogP contribution in [-0.4, -0.2) is 37.4 Å². The van der Waals surface area contributed by atoms with Crippen LogP contribution in [0.5, 0.6) is 11.5 Å². The number of rotatable bonds is 6. The van der Waals surface area contributed by atoms with E-state index in [1.165, 1.54) is 33.3 Å². The van der Waals surface area contributed by atoms with Crippen LogP contribution in [0.2, 0.25) is 0 Å². The van der Waals surface area contributed by atoms with Crippen molar-refractivity contribution in [3.63, 3.8) is 0 Å². The molecule has 8 heteroatoms. The van der Waals surface area contributed by atoms with Gasteiger partial charge in [-0.05, 0) is 12.1 Å². The molecule has 20 heavy (non-hydrogen) atoms. The summed E-state index contributed by atoms with van der Waals surface area (Å²) < 4.78 is 9.86. The third-order valence-corrected chi connectivity index (χ3v) is 2.50. The second-order valence-electron chi connectivity index (χ2n) is 3.78. The third-order valence-electron chi connectivity index (χ3n) is 2.50. The highest BCUT2D eigenvalue weighted by molar-refractivity contribution is 6.05. The van der Waals surface area contributed by atoms with E-state index in [-0.39, 0.29) is 23.6 Å². The predicted molar refractivity (Wildman–Crippen MR) is 69.2 cm³/mol. The molecule has 0 bridgehead atoms. The summed E-state index contributed by atoms with van der Waals surface area (Å²) in [6.07, 6.45) is 0. The minimum Gasteiger partial charge on any atom is -0.496 e. The standard InChI is InChI=1S/C12H14N2O6/c1-7(15)13-6-8(16)11-9(19-2)4-5-10(20-3)12(11)14(17)18/h4-5H,6H2,1-3H3,(H,13,15). The molecule has 0 aliphatic heterocycles. The van der Waals surface area contributed by atoms with Crippen LogP contribution in [0.3, 0.4) is 0 Å². The van der Waals surface area contributed by atoms with E-state index in [0.29, 0.717) is 0 Å². The Kier molecular flexibility index (Phi) is 5.01. The zero-order chi connectivity index (χ0) is 15.3.